The highest BCUT2D eigenvalue weighted by atomic mass is 35.5. The summed E-state index contributed by atoms with van der Waals surface area (Å²) in [6.45, 7) is 2.07. The fraction of sp³-hybridized carbons (Fsp3) is 0.909. The first-order chi connectivity index (χ1) is 7.83. The van der Waals surface area contributed by atoms with Gasteiger partial charge in [0.2, 0.25) is 0 Å². The molecule has 0 spiro atoms. The van der Waals surface area contributed by atoms with Crippen LogP contribution in [0.4, 0.5) is 0 Å². The fourth-order valence-electron chi connectivity index (χ4n) is 2.80. The van der Waals surface area contributed by atoms with Crippen LogP contribution in [0.3, 0.4) is 0 Å². The Bertz CT molecular complexity index is 284. The number of fused-ring (bicyclic) bond motifs is 2. The standard InChI is InChI=1S/C11H18N2O3.ClH/c14-11(10-6-12-3-4-15-10)13-8-5-7-1-2-9(8)16-7;/h7-10,12H,1-6H2,(H,13,14);1H. The van der Waals surface area contributed by atoms with Crippen molar-refractivity contribution in [1.29, 1.82) is 0 Å². The summed E-state index contributed by atoms with van der Waals surface area (Å²) in [7, 11) is 0. The molecule has 6 heteroatoms. The highest BCUT2D eigenvalue weighted by Crippen LogP contribution is 2.34. The normalized spacial score (nSPS) is 39.8. The SMILES string of the molecule is Cl.O=C(NC1CC2CCC1O2)C1CNCCO1. The second-order valence-corrected chi connectivity index (χ2v) is 4.79. The number of ether oxygens (including phenoxy) is 2. The Morgan fingerprint density at radius 3 is 2.82 bits per heavy atom. The van der Waals surface area contributed by atoms with Gasteiger partial charge in [-0.05, 0) is 19.3 Å². The number of nitrogens with one attached hydrogen (secondary N) is 2. The van der Waals surface area contributed by atoms with Crippen molar-refractivity contribution in [3.63, 3.8) is 0 Å². The molecule has 1 amide bonds. The molecule has 0 saturated carbocycles. The molecule has 0 aromatic heterocycles. The molecule has 3 aliphatic rings. The average molecular weight is 263 g/mol. The zero-order chi connectivity index (χ0) is 11.0. The molecule has 3 fully saturated rings. The molecule has 5 nitrogen and oxygen atoms in total. The van der Waals surface area contributed by atoms with E-state index in [-0.39, 0.29) is 36.6 Å². The van der Waals surface area contributed by atoms with Gasteiger partial charge in [-0.25, -0.2) is 0 Å². The number of hydrogen-bond acceptors (Lipinski definition) is 4. The maximum absolute atomic E-state index is 11.9. The van der Waals surface area contributed by atoms with E-state index in [1.165, 1.54) is 0 Å². The molecule has 2 bridgehead atoms. The third-order valence-electron chi connectivity index (χ3n) is 3.65. The molecule has 2 N–H and O–H groups in total. The van der Waals surface area contributed by atoms with Gasteiger partial charge in [0.25, 0.3) is 5.91 Å². The van der Waals surface area contributed by atoms with Crippen LogP contribution in [0.2, 0.25) is 0 Å². The van der Waals surface area contributed by atoms with Crippen LogP contribution in [-0.2, 0) is 14.3 Å². The number of hydrogen-bond donors (Lipinski definition) is 2. The van der Waals surface area contributed by atoms with Crippen LogP contribution in [0.5, 0.6) is 0 Å². The molecular weight excluding hydrogens is 244 g/mol. The minimum atomic E-state index is -0.326. The van der Waals surface area contributed by atoms with Crippen molar-refractivity contribution in [3.8, 4) is 0 Å². The monoisotopic (exact) mass is 262 g/mol. The third-order valence-corrected chi connectivity index (χ3v) is 3.65. The van der Waals surface area contributed by atoms with E-state index in [0.717, 1.165) is 25.8 Å². The second-order valence-electron chi connectivity index (χ2n) is 4.79. The molecule has 0 aromatic carbocycles. The van der Waals surface area contributed by atoms with Crippen molar-refractivity contribution in [2.45, 2.75) is 43.6 Å². The molecule has 3 saturated heterocycles. The maximum atomic E-state index is 11.9. The Morgan fingerprint density at radius 1 is 1.35 bits per heavy atom. The Labute approximate surface area is 107 Å². The molecule has 3 aliphatic heterocycles. The molecule has 3 rings (SSSR count). The lowest BCUT2D eigenvalue weighted by atomic mass is 9.95. The fourth-order valence-corrected chi connectivity index (χ4v) is 2.80. The lowest BCUT2D eigenvalue weighted by Gasteiger charge is -2.26. The zero-order valence-corrected chi connectivity index (χ0v) is 10.5. The van der Waals surface area contributed by atoms with Crippen LogP contribution in [-0.4, -0.2) is 50.0 Å². The van der Waals surface area contributed by atoms with Crippen molar-refractivity contribution in [1.82, 2.24) is 10.6 Å². The number of carbonyl (C=O) groups excluding carboxylic acids is 1. The summed E-state index contributed by atoms with van der Waals surface area (Å²) in [5.41, 5.74) is 0. The Kier molecular flexibility index (Phi) is 4.25. The Balaban J connectivity index is 0.00000108. The van der Waals surface area contributed by atoms with Crippen LogP contribution in [0.25, 0.3) is 0 Å². The Morgan fingerprint density at radius 2 is 2.24 bits per heavy atom. The summed E-state index contributed by atoms with van der Waals surface area (Å²) in [5.74, 6) is 0.00773. The van der Waals surface area contributed by atoms with Crippen LogP contribution in [0.15, 0.2) is 0 Å². The number of rotatable bonds is 2. The summed E-state index contributed by atoms with van der Waals surface area (Å²) in [5, 5.41) is 6.21. The van der Waals surface area contributed by atoms with Crippen LogP contribution in [0, 0.1) is 0 Å². The molecule has 0 radical (unpaired) electrons. The molecule has 0 aromatic rings. The van der Waals surface area contributed by atoms with Gasteiger partial charge in [-0.3, -0.25) is 4.79 Å². The van der Waals surface area contributed by atoms with Gasteiger partial charge in [0, 0.05) is 13.1 Å². The summed E-state index contributed by atoms with van der Waals surface area (Å²) in [6.07, 6.45) is 3.49. The third kappa shape index (κ3) is 2.73. The molecule has 4 atom stereocenters. The first-order valence-electron chi connectivity index (χ1n) is 6.11. The van der Waals surface area contributed by atoms with E-state index in [0.29, 0.717) is 19.3 Å². The lowest BCUT2D eigenvalue weighted by Crippen LogP contribution is -2.52. The van der Waals surface area contributed by atoms with Gasteiger partial charge in [0.1, 0.15) is 6.10 Å². The van der Waals surface area contributed by atoms with E-state index in [1.54, 1.807) is 0 Å². The quantitative estimate of drug-likeness (QED) is 0.726. The summed E-state index contributed by atoms with van der Waals surface area (Å²) in [4.78, 5) is 11.9. The van der Waals surface area contributed by atoms with Gasteiger partial charge in [0.15, 0.2) is 0 Å². The van der Waals surface area contributed by atoms with E-state index < -0.39 is 0 Å². The van der Waals surface area contributed by atoms with Crippen molar-refractivity contribution in [3.05, 3.63) is 0 Å². The van der Waals surface area contributed by atoms with Crippen molar-refractivity contribution >= 4 is 18.3 Å². The van der Waals surface area contributed by atoms with Crippen LogP contribution >= 0.6 is 12.4 Å². The minimum Gasteiger partial charge on any atom is -0.373 e. The van der Waals surface area contributed by atoms with Gasteiger partial charge in [0.05, 0.1) is 24.9 Å². The molecular formula is C11H19ClN2O3. The van der Waals surface area contributed by atoms with Gasteiger partial charge < -0.3 is 20.1 Å². The molecule has 17 heavy (non-hydrogen) atoms. The molecule has 3 heterocycles. The van der Waals surface area contributed by atoms with Crippen molar-refractivity contribution in [2.75, 3.05) is 19.7 Å². The number of morpholine rings is 1. The van der Waals surface area contributed by atoms with E-state index in [1.807, 2.05) is 0 Å². The van der Waals surface area contributed by atoms with Crippen molar-refractivity contribution < 1.29 is 14.3 Å². The maximum Gasteiger partial charge on any atom is 0.250 e. The number of amides is 1. The van der Waals surface area contributed by atoms with E-state index >= 15 is 0 Å². The molecule has 4 unspecified atom stereocenters. The minimum absolute atomic E-state index is 0. The average Bonchev–Trinajstić information content (AvgIpc) is 2.92. The summed E-state index contributed by atoms with van der Waals surface area (Å²) in [6, 6.07) is 0.205. The highest BCUT2D eigenvalue weighted by Gasteiger charge is 2.42. The predicted molar refractivity (Wildman–Crippen MR) is 64.3 cm³/mol. The largest absolute Gasteiger partial charge is 0.373 e. The molecule has 0 aliphatic carbocycles. The van der Waals surface area contributed by atoms with Gasteiger partial charge in [-0.15, -0.1) is 12.4 Å². The van der Waals surface area contributed by atoms with Gasteiger partial charge in [-0.2, -0.15) is 0 Å². The first-order valence-corrected chi connectivity index (χ1v) is 6.11. The first kappa shape index (κ1) is 13.1. The predicted octanol–water partition coefficient (Wildman–Crippen LogP) is -0.167. The zero-order valence-electron chi connectivity index (χ0n) is 9.69. The summed E-state index contributed by atoms with van der Waals surface area (Å²) >= 11 is 0. The van der Waals surface area contributed by atoms with Crippen LogP contribution < -0.4 is 10.6 Å². The van der Waals surface area contributed by atoms with Gasteiger partial charge >= 0.3 is 0 Å². The van der Waals surface area contributed by atoms with Crippen molar-refractivity contribution in [2.24, 2.45) is 0 Å². The number of carbonyl (C=O) groups is 1. The van der Waals surface area contributed by atoms with Crippen LogP contribution in [0.1, 0.15) is 19.3 Å². The topological polar surface area (TPSA) is 59.6 Å². The van der Waals surface area contributed by atoms with E-state index in [2.05, 4.69) is 10.6 Å². The second kappa shape index (κ2) is 5.52. The highest BCUT2D eigenvalue weighted by molar-refractivity contribution is 5.85. The van der Waals surface area contributed by atoms with Gasteiger partial charge in [-0.1, -0.05) is 0 Å². The summed E-state index contributed by atoms with van der Waals surface area (Å²) < 4.78 is 11.1. The Hall–Kier alpha value is -0.360. The molecule has 98 valence electrons. The smallest absolute Gasteiger partial charge is 0.250 e. The van der Waals surface area contributed by atoms with E-state index in [4.69, 9.17) is 9.47 Å². The number of halogens is 1. The van der Waals surface area contributed by atoms with E-state index in [9.17, 15) is 4.79 Å². The lowest BCUT2D eigenvalue weighted by molar-refractivity contribution is -0.135.